The zero-order chi connectivity index (χ0) is 10.1. The molecule has 0 saturated heterocycles. The topological polar surface area (TPSA) is 51.0 Å². The van der Waals surface area contributed by atoms with Crippen molar-refractivity contribution in [3.63, 3.8) is 0 Å². The van der Waals surface area contributed by atoms with Crippen molar-refractivity contribution in [1.29, 1.82) is 0 Å². The molecule has 1 rings (SSSR count). The van der Waals surface area contributed by atoms with Crippen LogP contribution in [-0.2, 0) is 0 Å². The number of hydrogen-bond acceptors (Lipinski definition) is 4. The van der Waals surface area contributed by atoms with Crippen molar-refractivity contribution < 1.29 is 0 Å². The van der Waals surface area contributed by atoms with Crippen LogP contribution in [-0.4, -0.2) is 15.0 Å². The maximum atomic E-state index is 5.46. The summed E-state index contributed by atoms with van der Waals surface area (Å²) in [6.45, 7) is 0. The Balaban J connectivity index is 3.17. The summed E-state index contributed by atoms with van der Waals surface area (Å²) in [4.78, 5) is 10.7. The van der Waals surface area contributed by atoms with Crippen molar-refractivity contribution in [1.82, 2.24) is 15.0 Å². The third kappa shape index (κ3) is 4.63. The molecule has 0 aliphatic heterocycles. The van der Waals surface area contributed by atoms with Gasteiger partial charge in [0.2, 0.25) is 15.7 Å². The Bertz CT molecular complexity index is 346. The van der Waals surface area contributed by atoms with Crippen LogP contribution in [0.1, 0.15) is 0 Å². The van der Waals surface area contributed by atoms with Crippen LogP contribution in [0.15, 0.2) is 4.74 Å². The number of rotatable bonds is 1. The Morgan fingerprint density at radius 1 is 0.923 bits per heavy atom. The molecule has 0 aliphatic carbocycles. The minimum Gasteiger partial charge on any atom is -0.187 e. The average Bonchev–Trinajstić information content (AvgIpc) is 1.78. The second-order valence-electron chi connectivity index (χ2n) is 1.69. The molecule has 0 saturated carbocycles. The minimum atomic E-state index is -2.91. The highest BCUT2D eigenvalue weighted by atomic mass is 36.0. The van der Waals surface area contributed by atoms with Crippen LogP contribution in [0.25, 0.3) is 0 Å². The molecule has 72 valence electrons. The molecule has 0 N–H and O–H groups in total. The van der Waals surface area contributed by atoms with Gasteiger partial charge in [-0.05, 0) is 56.9 Å². The van der Waals surface area contributed by atoms with Crippen LogP contribution in [0.4, 0.5) is 5.95 Å². The van der Waals surface area contributed by atoms with Gasteiger partial charge in [-0.25, -0.2) is 0 Å². The lowest BCUT2D eigenvalue weighted by atomic mass is 11.0. The Labute approximate surface area is 98.0 Å². The molecule has 4 nitrogen and oxygen atoms in total. The average molecular weight is 300 g/mol. The van der Waals surface area contributed by atoms with Gasteiger partial charge in [0.1, 0.15) is 0 Å². The summed E-state index contributed by atoms with van der Waals surface area (Å²) in [5, 5.41) is -3.11. The molecule has 1 aromatic heterocycles. The maximum Gasteiger partial charge on any atom is 0.256 e. The predicted molar refractivity (Wildman–Crippen MR) is 56.4 cm³/mol. The van der Waals surface area contributed by atoms with Crippen LogP contribution >= 0.6 is 62.0 Å². The number of aromatic nitrogens is 3. The molecule has 0 radical (unpaired) electrons. The van der Waals surface area contributed by atoms with E-state index in [0.717, 1.165) is 0 Å². The molecule has 0 aromatic carbocycles. The van der Waals surface area contributed by atoms with Gasteiger partial charge in [-0.3, -0.25) is 0 Å². The normalized spacial score (nSPS) is 11.5. The minimum absolute atomic E-state index is 0.0849. The van der Waals surface area contributed by atoms with Crippen LogP contribution in [0.5, 0.6) is 0 Å². The fraction of sp³-hybridized carbons (Fsp3) is 0. The van der Waals surface area contributed by atoms with E-state index in [0.29, 0.717) is 0 Å². The lowest BCUT2D eigenvalue weighted by molar-refractivity contribution is 1.04. The molecular weight excluding hydrogens is 300 g/mol. The van der Waals surface area contributed by atoms with Gasteiger partial charge in [0.25, 0.3) is 5.95 Å². The van der Waals surface area contributed by atoms with Crippen LogP contribution in [0.2, 0.25) is 10.6 Å². The maximum absolute atomic E-state index is 5.46. The first-order valence-corrected chi connectivity index (χ1v) is 7.86. The molecule has 0 unspecified atom stereocenters. The summed E-state index contributed by atoms with van der Waals surface area (Å²) in [5.41, 5.74) is 0. The molecular formula is C3Cl5N4P. The fourth-order valence-electron chi connectivity index (χ4n) is 0.462. The summed E-state index contributed by atoms with van der Waals surface area (Å²) >= 11 is 27.3. The summed E-state index contributed by atoms with van der Waals surface area (Å²) in [7, 11) is 0. The Morgan fingerprint density at radius 2 is 1.38 bits per heavy atom. The third-order valence-electron chi connectivity index (χ3n) is 0.772. The van der Waals surface area contributed by atoms with E-state index < -0.39 is 5.11 Å². The van der Waals surface area contributed by atoms with Crippen LogP contribution in [0, 0.1) is 0 Å². The highest BCUT2D eigenvalue weighted by molar-refractivity contribution is 8.26. The van der Waals surface area contributed by atoms with Crippen molar-refractivity contribution >= 4 is 68.0 Å². The molecule has 1 heterocycles. The number of nitrogens with zero attached hydrogens (tertiary/aromatic N) is 4. The van der Waals surface area contributed by atoms with Crippen molar-refractivity contribution in [3.8, 4) is 0 Å². The predicted octanol–water partition coefficient (Wildman–Crippen LogP) is 4.47. The van der Waals surface area contributed by atoms with Crippen LogP contribution in [0.3, 0.4) is 0 Å². The second-order valence-corrected chi connectivity index (χ2v) is 9.37. The highest BCUT2D eigenvalue weighted by Gasteiger charge is 2.09. The molecule has 0 bridgehead atoms. The Kier molecular flexibility index (Phi) is 4.05. The largest absolute Gasteiger partial charge is 0.256 e. The van der Waals surface area contributed by atoms with E-state index in [1.807, 2.05) is 0 Å². The Hall–Kier alpha value is 0.690. The molecule has 0 spiro atoms. The lowest BCUT2D eigenvalue weighted by Gasteiger charge is -1.97. The first-order chi connectivity index (χ1) is 5.87. The van der Waals surface area contributed by atoms with Crippen LogP contribution < -0.4 is 0 Å². The molecule has 10 heteroatoms. The molecule has 0 atom stereocenters. The standard InChI is InChI=1S/C3Cl5N4P/c4-1-9-2(5)11-3(10-1)12-13(6,7)8. The lowest BCUT2D eigenvalue weighted by Crippen LogP contribution is -1.86. The van der Waals surface area contributed by atoms with E-state index in [-0.39, 0.29) is 16.5 Å². The highest BCUT2D eigenvalue weighted by Crippen LogP contribution is 2.66. The second kappa shape index (κ2) is 4.47. The van der Waals surface area contributed by atoms with Crippen molar-refractivity contribution in [2.75, 3.05) is 0 Å². The van der Waals surface area contributed by atoms with Gasteiger partial charge >= 0.3 is 0 Å². The van der Waals surface area contributed by atoms with Crippen molar-refractivity contribution in [2.45, 2.75) is 0 Å². The first kappa shape index (κ1) is 11.8. The van der Waals surface area contributed by atoms with Crippen molar-refractivity contribution in [2.24, 2.45) is 4.74 Å². The first-order valence-electron chi connectivity index (χ1n) is 2.65. The van der Waals surface area contributed by atoms with Gasteiger partial charge in [0.05, 0.1) is 0 Å². The van der Waals surface area contributed by atoms with E-state index in [1.54, 1.807) is 0 Å². The van der Waals surface area contributed by atoms with Gasteiger partial charge in [-0.1, -0.05) is 0 Å². The monoisotopic (exact) mass is 298 g/mol. The smallest absolute Gasteiger partial charge is 0.187 e. The molecule has 13 heavy (non-hydrogen) atoms. The molecule has 0 aliphatic rings. The van der Waals surface area contributed by atoms with E-state index in [4.69, 9.17) is 56.9 Å². The van der Waals surface area contributed by atoms with E-state index in [2.05, 4.69) is 19.7 Å². The zero-order valence-electron chi connectivity index (χ0n) is 5.63. The molecule has 0 fully saturated rings. The number of halogens is 5. The van der Waals surface area contributed by atoms with Gasteiger partial charge in [-0.15, -0.1) is 0 Å². The van der Waals surface area contributed by atoms with Gasteiger partial charge in [0, 0.05) is 0 Å². The SMILES string of the molecule is Clc1nc(Cl)nc(N=P(Cl)(Cl)Cl)n1. The summed E-state index contributed by atoms with van der Waals surface area (Å²) in [6, 6.07) is 0. The Morgan fingerprint density at radius 3 is 1.77 bits per heavy atom. The van der Waals surface area contributed by atoms with Gasteiger partial charge in [-0.2, -0.15) is 19.7 Å². The molecule has 1 aromatic rings. The third-order valence-corrected chi connectivity index (χ3v) is 2.20. The van der Waals surface area contributed by atoms with Crippen molar-refractivity contribution in [3.05, 3.63) is 10.6 Å². The van der Waals surface area contributed by atoms with Gasteiger partial charge in [0.15, 0.2) is 0 Å². The van der Waals surface area contributed by atoms with E-state index >= 15 is 0 Å². The fourth-order valence-corrected chi connectivity index (χ4v) is 1.72. The van der Waals surface area contributed by atoms with E-state index in [9.17, 15) is 0 Å². The quantitative estimate of drug-likeness (QED) is 0.719. The zero-order valence-corrected chi connectivity index (χ0v) is 10.3. The number of hydrogen-bond donors (Lipinski definition) is 0. The summed E-state index contributed by atoms with van der Waals surface area (Å²) in [5.74, 6) is -0.0849. The summed E-state index contributed by atoms with van der Waals surface area (Å²) < 4.78 is 3.59. The molecule has 0 amide bonds. The van der Waals surface area contributed by atoms with E-state index in [1.165, 1.54) is 0 Å². The van der Waals surface area contributed by atoms with Gasteiger partial charge < -0.3 is 0 Å². The summed E-state index contributed by atoms with van der Waals surface area (Å²) in [6.07, 6.45) is 0.